The molecule has 0 unspecified atom stereocenters. The standard InChI is InChI=1S/C8H12N2O3.ClH.2Na/c1-3-8(4-2)5(11)9-7(13)10-6(8)12;;;/h3-4H2,1-2H3,(H2,9,10,11,12,13);1H;;/q;;2*+1/p-2. The third-order valence-electron chi connectivity index (χ3n) is 2.42. The van der Waals surface area contributed by atoms with E-state index in [1.54, 1.807) is 13.8 Å². The van der Waals surface area contributed by atoms with Gasteiger partial charge in [-0.05, 0) is 18.9 Å². The van der Waals surface area contributed by atoms with Crippen LogP contribution in [0.15, 0.2) is 0 Å². The van der Waals surface area contributed by atoms with E-state index in [-0.39, 0.29) is 71.5 Å². The fourth-order valence-electron chi connectivity index (χ4n) is 1.36. The number of nitrogens with zero attached hydrogens (tertiary/aromatic N) is 2. The number of urea groups is 1. The molecule has 5 nitrogen and oxygen atoms in total. The second-order valence-electron chi connectivity index (χ2n) is 2.91. The van der Waals surface area contributed by atoms with Crippen molar-refractivity contribution in [1.29, 1.82) is 0 Å². The second-order valence-corrected chi connectivity index (χ2v) is 2.91. The number of carbonyl (C=O) groups is 3. The molecule has 0 radical (unpaired) electrons. The summed E-state index contributed by atoms with van der Waals surface area (Å²) in [4.78, 5) is 33.3. The van der Waals surface area contributed by atoms with Crippen LogP contribution in [0.1, 0.15) is 26.7 Å². The van der Waals surface area contributed by atoms with E-state index >= 15 is 0 Å². The Morgan fingerprint density at radius 2 is 1.25 bits per heavy atom. The molecule has 4 amide bonds. The van der Waals surface area contributed by atoms with Gasteiger partial charge in [0.25, 0.3) is 0 Å². The molecule has 1 rings (SSSR count). The predicted octanol–water partition coefficient (Wildman–Crippen LogP) is -3.84. The molecule has 1 fully saturated rings. The molecule has 1 aliphatic rings. The van der Waals surface area contributed by atoms with Crippen molar-refractivity contribution in [3.63, 3.8) is 0 Å². The maximum absolute atomic E-state index is 11.3. The Morgan fingerprint density at radius 1 is 0.938 bits per heavy atom. The molecule has 80 valence electrons. The first-order valence-electron chi connectivity index (χ1n) is 4.13. The van der Waals surface area contributed by atoms with Gasteiger partial charge in [-0.2, -0.15) is 0 Å². The van der Waals surface area contributed by atoms with Crippen LogP contribution in [0, 0.1) is 5.41 Å². The van der Waals surface area contributed by atoms with Gasteiger partial charge in [-0.15, -0.1) is 12.4 Å². The van der Waals surface area contributed by atoms with Crippen molar-refractivity contribution in [1.82, 2.24) is 0 Å². The molecule has 0 spiro atoms. The Bertz CT molecular complexity index is 260. The third kappa shape index (κ3) is 3.98. The summed E-state index contributed by atoms with van der Waals surface area (Å²) in [5.74, 6) is -1.30. The number of imide groups is 2. The van der Waals surface area contributed by atoms with Gasteiger partial charge in [0.15, 0.2) is 0 Å². The summed E-state index contributed by atoms with van der Waals surface area (Å²) in [6.45, 7) is 3.42. The van der Waals surface area contributed by atoms with E-state index in [0.29, 0.717) is 12.8 Å². The summed E-state index contributed by atoms with van der Waals surface area (Å²) in [7, 11) is 0. The molecular weight excluding hydrogens is 254 g/mol. The van der Waals surface area contributed by atoms with Crippen molar-refractivity contribution in [2.24, 2.45) is 5.41 Å². The molecule has 0 aromatic carbocycles. The maximum atomic E-state index is 11.3. The molecule has 1 saturated heterocycles. The Hall–Kier alpha value is 0.900. The normalized spacial score (nSPS) is 17.0. The average Bonchev–Trinajstić information content (AvgIpc) is 2.05. The largest absolute Gasteiger partial charge is 1.00 e. The maximum Gasteiger partial charge on any atom is 1.00 e. The Morgan fingerprint density at radius 3 is 1.50 bits per heavy atom. The van der Waals surface area contributed by atoms with Crippen molar-refractivity contribution in [3.05, 3.63) is 10.6 Å². The topological polar surface area (TPSA) is 79.4 Å². The van der Waals surface area contributed by atoms with E-state index in [1.807, 2.05) is 0 Å². The molecule has 1 heterocycles. The van der Waals surface area contributed by atoms with E-state index in [0.717, 1.165) is 0 Å². The van der Waals surface area contributed by atoms with Gasteiger partial charge >= 0.3 is 59.1 Å². The number of hydrogen-bond donors (Lipinski definition) is 0. The fraction of sp³-hybridized carbons (Fsp3) is 0.625. The van der Waals surface area contributed by atoms with Crippen LogP contribution >= 0.6 is 12.4 Å². The minimum Gasteiger partial charge on any atom is -0.611 e. The number of rotatable bonds is 2. The SMILES string of the molecule is CCC1(CC)C(=O)[N-]C(=O)[N-]C1=O.Cl.[Na+].[Na+]. The van der Waals surface area contributed by atoms with Crippen LogP contribution in [0.4, 0.5) is 4.79 Å². The molecule has 0 aromatic heterocycles. The molecule has 0 bridgehead atoms. The number of carbonyl (C=O) groups excluding carboxylic acids is 3. The summed E-state index contributed by atoms with van der Waals surface area (Å²) in [5, 5.41) is 6.33. The molecule has 16 heavy (non-hydrogen) atoms. The van der Waals surface area contributed by atoms with Crippen molar-refractivity contribution >= 4 is 30.3 Å². The number of hydrogen-bond acceptors (Lipinski definition) is 3. The summed E-state index contributed by atoms with van der Waals surface area (Å²) in [6, 6.07) is -0.979. The smallest absolute Gasteiger partial charge is 0.611 e. The minimum absolute atomic E-state index is 0. The van der Waals surface area contributed by atoms with E-state index in [1.165, 1.54) is 0 Å². The van der Waals surface area contributed by atoms with Crippen LogP contribution in [-0.4, -0.2) is 17.8 Å². The van der Waals surface area contributed by atoms with Crippen LogP contribution in [0.5, 0.6) is 0 Å². The first-order valence-corrected chi connectivity index (χ1v) is 4.13. The molecule has 1 aliphatic heterocycles. The van der Waals surface area contributed by atoms with Crippen molar-refractivity contribution in [2.45, 2.75) is 26.7 Å². The number of halogens is 1. The zero-order chi connectivity index (χ0) is 10.1. The summed E-state index contributed by atoms with van der Waals surface area (Å²) in [6.07, 6.45) is 0.670. The van der Waals surface area contributed by atoms with Crippen LogP contribution in [0.2, 0.25) is 0 Å². The first kappa shape index (κ1) is 22.1. The number of amides is 4. The zero-order valence-electron chi connectivity index (χ0n) is 9.94. The Labute approximate surface area is 145 Å². The summed E-state index contributed by atoms with van der Waals surface area (Å²) >= 11 is 0. The Balaban J connectivity index is -0.000000563. The van der Waals surface area contributed by atoms with Gasteiger partial charge in [0.2, 0.25) is 0 Å². The van der Waals surface area contributed by atoms with Gasteiger partial charge in [0.05, 0.1) is 17.2 Å². The summed E-state index contributed by atoms with van der Waals surface area (Å²) in [5.41, 5.74) is -1.17. The van der Waals surface area contributed by atoms with Crippen molar-refractivity contribution in [3.8, 4) is 0 Å². The van der Waals surface area contributed by atoms with Gasteiger partial charge in [0, 0.05) is 0 Å². The first-order chi connectivity index (χ1) is 6.06. The van der Waals surface area contributed by atoms with E-state index in [4.69, 9.17) is 0 Å². The van der Waals surface area contributed by atoms with Crippen LogP contribution in [0.3, 0.4) is 0 Å². The van der Waals surface area contributed by atoms with Gasteiger partial charge < -0.3 is 25.0 Å². The zero-order valence-corrected chi connectivity index (χ0v) is 14.8. The van der Waals surface area contributed by atoms with E-state index < -0.39 is 23.3 Å². The van der Waals surface area contributed by atoms with Gasteiger partial charge in [-0.25, -0.2) is 0 Å². The van der Waals surface area contributed by atoms with Crippen molar-refractivity contribution in [2.75, 3.05) is 0 Å². The molecule has 0 aliphatic carbocycles. The van der Waals surface area contributed by atoms with Crippen LogP contribution < -0.4 is 59.1 Å². The predicted molar refractivity (Wildman–Crippen MR) is 52.4 cm³/mol. The minimum atomic E-state index is -1.17. The van der Waals surface area contributed by atoms with Crippen LogP contribution in [0.25, 0.3) is 10.6 Å². The van der Waals surface area contributed by atoms with Gasteiger partial charge in [-0.3, -0.25) is 0 Å². The Kier molecular flexibility index (Phi) is 12.3. The van der Waals surface area contributed by atoms with Crippen molar-refractivity contribution < 1.29 is 73.5 Å². The average molecular weight is 265 g/mol. The fourth-order valence-corrected chi connectivity index (χ4v) is 1.36. The van der Waals surface area contributed by atoms with E-state index in [9.17, 15) is 14.4 Å². The molecule has 0 saturated carbocycles. The van der Waals surface area contributed by atoms with Crippen LogP contribution in [-0.2, 0) is 9.59 Å². The molecule has 0 aromatic rings. The number of barbiturate groups is 1. The third-order valence-corrected chi connectivity index (χ3v) is 2.42. The van der Waals surface area contributed by atoms with Gasteiger partial charge in [0.1, 0.15) is 0 Å². The summed E-state index contributed by atoms with van der Waals surface area (Å²) < 4.78 is 0. The molecule has 8 heteroatoms. The molecule has 0 atom stereocenters. The molecular formula is C8H11ClN2Na2O3. The van der Waals surface area contributed by atoms with E-state index in [2.05, 4.69) is 10.6 Å². The second kappa shape index (κ2) is 8.91. The monoisotopic (exact) mass is 264 g/mol. The molecule has 0 N–H and O–H groups in total. The quantitative estimate of drug-likeness (QED) is 0.378. The van der Waals surface area contributed by atoms with Gasteiger partial charge in [-0.1, -0.05) is 13.8 Å².